The number of hydrogen-bond donors (Lipinski definition) is 2. The second-order valence-electron chi connectivity index (χ2n) is 7.92. The second-order valence-corrected chi connectivity index (χ2v) is 7.92. The van der Waals surface area contributed by atoms with Crippen molar-refractivity contribution >= 4 is 35.8 Å². The van der Waals surface area contributed by atoms with E-state index in [0.717, 1.165) is 44.7 Å². The van der Waals surface area contributed by atoms with E-state index in [1.54, 1.807) is 4.90 Å². The highest BCUT2D eigenvalue weighted by molar-refractivity contribution is 14.0. The van der Waals surface area contributed by atoms with Crippen molar-refractivity contribution in [3.8, 4) is 0 Å². The van der Waals surface area contributed by atoms with Crippen molar-refractivity contribution in [2.45, 2.75) is 71.4 Å². The van der Waals surface area contributed by atoms with E-state index in [1.807, 2.05) is 14.1 Å². The van der Waals surface area contributed by atoms with Crippen LogP contribution in [0.2, 0.25) is 0 Å². The standard InChI is InChI=1S/C19H39N5O.HI/c1-15(2)9-6-10-16(3)22-19(20)21-12-8-14-24-13-7-11-17(24)18(25)23(4)5;/h15-17H,6-14H2,1-5H3,(H3,20,21,22);1H. The number of nitrogens with one attached hydrogen (secondary N) is 1. The zero-order chi connectivity index (χ0) is 18.8. The van der Waals surface area contributed by atoms with Gasteiger partial charge < -0.3 is 16.0 Å². The summed E-state index contributed by atoms with van der Waals surface area (Å²) < 4.78 is 0. The maximum Gasteiger partial charge on any atom is 0.239 e. The summed E-state index contributed by atoms with van der Waals surface area (Å²) in [4.78, 5) is 20.6. The number of nitrogens with two attached hydrogens (primary N) is 1. The fourth-order valence-corrected chi connectivity index (χ4v) is 3.35. The molecular weight excluding hydrogens is 441 g/mol. The van der Waals surface area contributed by atoms with Gasteiger partial charge in [0.1, 0.15) is 0 Å². The van der Waals surface area contributed by atoms with Gasteiger partial charge in [0.25, 0.3) is 0 Å². The van der Waals surface area contributed by atoms with E-state index in [0.29, 0.717) is 18.5 Å². The monoisotopic (exact) mass is 481 g/mol. The molecule has 1 amide bonds. The predicted molar refractivity (Wildman–Crippen MR) is 121 cm³/mol. The lowest BCUT2D eigenvalue weighted by Crippen LogP contribution is -2.43. The SMILES string of the molecule is CC(C)CCCC(C)NC(N)=NCCCN1CCCC1C(=O)N(C)C.I. The number of aliphatic imine (C=N–C) groups is 1. The van der Waals surface area contributed by atoms with Gasteiger partial charge >= 0.3 is 0 Å². The van der Waals surface area contributed by atoms with E-state index in [2.05, 4.69) is 36.0 Å². The highest BCUT2D eigenvalue weighted by Gasteiger charge is 2.30. The molecule has 1 aliphatic heterocycles. The number of likely N-dealkylation sites (tertiary alicyclic amines) is 1. The van der Waals surface area contributed by atoms with Gasteiger partial charge in [-0.15, -0.1) is 24.0 Å². The lowest BCUT2D eigenvalue weighted by molar-refractivity contribution is -0.133. The van der Waals surface area contributed by atoms with E-state index in [-0.39, 0.29) is 35.9 Å². The number of halogens is 1. The molecule has 0 saturated carbocycles. The summed E-state index contributed by atoms with van der Waals surface area (Å²) in [6.07, 6.45) is 6.60. The minimum Gasteiger partial charge on any atom is -0.370 e. The van der Waals surface area contributed by atoms with Crippen molar-refractivity contribution < 1.29 is 4.79 Å². The Kier molecular flexibility index (Phi) is 13.3. The van der Waals surface area contributed by atoms with Gasteiger partial charge in [0.2, 0.25) is 5.91 Å². The van der Waals surface area contributed by atoms with Gasteiger partial charge in [-0.3, -0.25) is 14.7 Å². The summed E-state index contributed by atoms with van der Waals surface area (Å²) >= 11 is 0. The van der Waals surface area contributed by atoms with Crippen molar-refractivity contribution in [1.82, 2.24) is 15.1 Å². The lowest BCUT2D eigenvalue weighted by atomic mass is 10.0. The van der Waals surface area contributed by atoms with Gasteiger partial charge in [-0.1, -0.05) is 26.7 Å². The smallest absolute Gasteiger partial charge is 0.239 e. The van der Waals surface area contributed by atoms with Crippen LogP contribution in [0.5, 0.6) is 0 Å². The van der Waals surface area contributed by atoms with Crippen LogP contribution < -0.4 is 11.1 Å². The molecule has 0 spiro atoms. The third-order valence-electron chi connectivity index (χ3n) is 4.79. The largest absolute Gasteiger partial charge is 0.370 e. The molecule has 2 atom stereocenters. The first-order chi connectivity index (χ1) is 11.8. The zero-order valence-electron chi connectivity index (χ0n) is 17.3. The van der Waals surface area contributed by atoms with Gasteiger partial charge in [-0.25, -0.2) is 0 Å². The normalized spacial score (nSPS) is 19.3. The summed E-state index contributed by atoms with van der Waals surface area (Å²) in [6.45, 7) is 9.29. The lowest BCUT2D eigenvalue weighted by Gasteiger charge is -2.25. The number of nitrogens with zero attached hydrogens (tertiary/aromatic N) is 3. The first-order valence-electron chi connectivity index (χ1n) is 9.83. The molecule has 0 aliphatic carbocycles. The predicted octanol–water partition coefficient (Wildman–Crippen LogP) is 2.67. The number of carbonyl (C=O) groups is 1. The molecule has 6 nitrogen and oxygen atoms in total. The van der Waals surface area contributed by atoms with Gasteiger partial charge in [0.15, 0.2) is 5.96 Å². The molecule has 1 rings (SSSR count). The fourth-order valence-electron chi connectivity index (χ4n) is 3.35. The maximum atomic E-state index is 12.2. The van der Waals surface area contributed by atoms with Crippen LogP contribution in [0.15, 0.2) is 4.99 Å². The molecule has 2 unspecified atom stereocenters. The molecule has 0 radical (unpaired) electrons. The third kappa shape index (κ3) is 9.94. The van der Waals surface area contributed by atoms with Crippen molar-refractivity contribution in [3.63, 3.8) is 0 Å². The number of rotatable bonds is 10. The second kappa shape index (κ2) is 13.6. The molecule has 0 bridgehead atoms. The summed E-state index contributed by atoms with van der Waals surface area (Å²) in [5, 5.41) is 3.28. The molecular formula is C19H40IN5O. The Morgan fingerprint density at radius 1 is 1.27 bits per heavy atom. The Morgan fingerprint density at radius 2 is 1.96 bits per heavy atom. The van der Waals surface area contributed by atoms with E-state index >= 15 is 0 Å². The molecule has 1 heterocycles. The fraction of sp³-hybridized carbons (Fsp3) is 0.895. The van der Waals surface area contributed by atoms with Crippen LogP contribution in [0.25, 0.3) is 0 Å². The van der Waals surface area contributed by atoms with Crippen LogP contribution in [0.1, 0.15) is 59.3 Å². The van der Waals surface area contributed by atoms with Gasteiger partial charge in [-0.05, 0) is 45.1 Å². The molecule has 1 aliphatic rings. The quantitative estimate of drug-likeness (QED) is 0.218. The topological polar surface area (TPSA) is 74.0 Å². The Hall–Kier alpha value is -0.570. The van der Waals surface area contributed by atoms with Crippen LogP contribution in [0, 0.1) is 5.92 Å². The van der Waals surface area contributed by atoms with E-state index < -0.39 is 0 Å². The first kappa shape index (κ1) is 25.4. The van der Waals surface area contributed by atoms with Crippen LogP contribution in [-0.2, 0) is 4.79 Å². The number of guanidine groups is 1. The average molecular weight is 481 g/mol. The van der Waals surface area contributed by atoms with Gasteiger partial charge in [-0.2, -0.15) is 0 Å². The van der Waals surface area contributed by atoms with E-state index in [4.69, 9.17) is 5.73 Å². The number of amides is 1. The summed E-state index contributed by atoms with van der Waals surface area (Å²) in [5.41, 5.74) is 5.98. The zero-order valence-corrected chi connectivity index (χ0v) is 19.7. The highest BCUT2D eigenvalue weighted by atomic mass is 127. The van der Waals surface area contributed by atoms with Crippen molar-refractivity contribution in [2.75, 3.05) is 33.7 Å². The minimum atomic E-state index is 0. The molecule has 1 fully saturated rings. The summed E-state index contributed by atoms with van der Waals surface area (Å²) in [7, 11) is 3.66. The summed E-state index contributed by atoms with van der Waals surface area (Å²) in [6, 6.07) is 0.415. The molecule has 1 saturated heterocycles. The van der Waals surface area contributed by atoms with Crippen molar-refractivity contribution in [3.05, 3.63) is 0 Å². The van der Waals surface area contributed by atoms with Crippen LogP contribution in [-0.4, -0.2) is 67.5 Å². The Morgan fingerprint density at radius 3 is 2.58 bits per heavy atom. The Bertz CT molecular complexity index is 428. The number of carbonyl (C=O) groups excluding carboxylic acids is 1. The molecule has 26 heavy (non-hydrogen) atoms. The van der Waals surface area contributed by atoms with Crippen LogP contribution in [0.4, 0.5) is 0 Å². The molecule has 0 aromatic rings. The van der Waals surface area contributed by atoms with Crippen LogP contribution >= 0.6 is 24.0 Å². The number of likely N-dealkylation sites (N-methyl/N-ethyl adjacent to an activating group) is 1. The Labute approximate surface area is 177 Å². The van der Waals surface area contributed by atoms with Crippen molar-refractivity contribution in [1.29, 1.82) is 0 Å². The maximum absolute atomic E-state index is 12.2. The molecule has 154 valence electrons. The summed E-state index contributed by atoms with van der Waals surface area (Å²) in [5.74, 6) is 1.52. The third-order valence-corrected chi connectivity index (χ3v) is 4.79. The number of hydrogen-bond acceptors (Lipinski definition) is 3. The Balaban J connectivity index is 0.00000625. The van der Waals surface area contributed by atoms with E-state index in [1.165, 1.54) is 12.8 Å². The molecule has 0 aromatic heterocycles. The van der Waals surface area contributed by atoms with E-state index in [9.17, 15) is 4.79 Å². The highest BCUT2D eigenvalue weighted by Crippen LogP contribution is 2.18. The molecule has 0 aromatic carbocycles. The van der Waals surface area contributed by atoms with Gasteiger partial charge in [0.05, 0.1) is 6.04 Å². The minimum absolute atomic E-state index is 0. The molecule has 7 heteroatoms. The first-order valence-corrected chi connectivity index (χ1v) is 9.83. The van der Waals surface area contributed by atoms with Crippen molar-refractivity contribution in [2.24, 2.45) is 16.6 Å². The molecule has 3 N–H and O–H groups in total. The van der Waals surface area contributed by atoms with Crippen LogP contribution in [0.3, 0.4) is 0 Å². The van der Waals surface area contributed by atoms with Gasteiger partial charge in [0, 0.05) is 33.2 Å². The average Bonchev–Trinajstić information content (AvgIpc) is 2.98.